The molecule has 1 aliphatic rings. The van der Waals surface area contributed by atoms with Crippen molar-refractivity contribution in [3.63, 3.8) is 0 Å². The van der Waals surface area contributed by atoms with Crippen LogP contribution in [0.15, 0.2) is 24.3 Å². The molecule has 1 fully saturated rings. The Bertz CT molecular complexity index is 689. The highest BCUT2D eigenvalue weighted by atomic mass is 32.2. The fourth-order valence-electron chi connectivity index (χ4n) is 2.26. The molecular formula is C13H17N3O5S. The van der Waals surface area contributed by atoms with E-state index in [9.17, 15) is 23.3 Å². The van der Waals surface area contributed by atoms with E-state index < -0.39 is 20.8 Å². The molecule has 1 aliphatic heterocycles. The fourth-order valence-corrected chi connectivity index (χ4v) is 3.93. The maximum atomic E-state index is 12.0. The van der Waals surface area contributed by atoms with Crippen LogP contribution in [-0.4, -0.2) is 42.8 Å². The van der Waals surface area contributed by atoms with Gasteiger partial charge in [-0.2, -0.15) is 0 Å². The van der Waals surface area contributed by atoms with E-state index in [-0.39, 0.29) is 29.1 Å². The van der Waals surface area contributed by atoms with Crippen LogP contribution >= 0.6 is 0 Å². The highest BCUT2D eigenvalue weighted by Crippen LogP contribution is 2.18. The summed E-state index contributed by atoms with van der Waals surface area (Å²) in [6, 6.07) is 4.84. The summed E-state index contributed by atoms with van der Waals surface area (Å²) in [7, 11) is -3.05. The van der Waals surface area contributed by atoms with E-state index in [2.05, 4.69) is 10.6 Å². The van der Waals surface area contributed by atoms with Gasteiger partial charge in [0.05, 0.1) is 16.4 Å². The molecule has 1 amide bonds. The molecule has 2 N–H and O–H groups in total. The zero-order chi connectivity index (χ0) is 16.3. The normalized spacial score (nSPS) is 21.0. The van der Waals surface area contributed by atoms with Gasteiger partial charge >= 0.3 is 0 Å². The Morgan fingerprint density at radius 1 is 1.45 bits per heavy atom. The van der Waals surface area contributed by atoms with Crippen molar-refractivity contribution in [1.29, 1.82) is 0 Å². The van der Waals surface area contributed by atoms with E-state index >= 15 is 0 Å². The Morgan fingerprint density at radius 3 is 2.77 bits per heavy atom. The Morgan fingerprint density at radius 2 is 2.18 bits per heavy atom. The van der Waals surface area contributed by atoms with Gasteiger partial charge in [-0.3, -0.25) is 14.9 Å². The molecule has 0 spiro atoms. The van der Waals surface area contributed by atoms with E-state index in [1.54, 1.807) is 13.0 Å². The van der Waals surface area contributed by atoms with Gasteiger partial charge < -0.3 is 10.6 Å². The van der Waals surface area contributed by atoms with Crippen molar-refractivity contribution in [2.24, 2.45) is 0 Å². The number of sulfone groups is 1. The smallest absolute Gasteiger partial charge is 0.271 e. The molecule has 8 nitrogen and oxygen atoms in total. The number of rotatable bonds is 5. The van der Waals surface area contributed by atoms with Gasteiger partial charge in [-0.25, -0.2) is 8.42 Å². The standard InChI is InChI=1S/C13H17N3O5S/c1-9(13(17)15-11-5-6-22(20,21)8-11)14-10-3-2-4-12(7-10)16(18)19/h2-4,7,9,11,14H,5-6,8H2,1H3,(H,15,17)/t9-,11-/m0/s1. The molecule has 0 aromatic heterocycles. The second kappa shape index (κ2) is 6.30. The number of amides is 1. The van der Waals surface area contributed by atoms with Crippen LogP contribution in [0.1, 0.15) is 13.3 Å². The molecule has 0 aliphatic carbocycles. The average molecular weight is 327 g/mol. The Balaban J connectivity index is 1.94. The van der Waals surface area contributed by atoms with Gasteiger partial charge in [0, 0.05) is 23.9 Å². The maximum absolute atomic E-state index is 12.0. The minimum absolute atomic E-state index is 0.0394. The van der Waals surface area contributed by atoms with Gasteiger partial charge in [-0.1, -0.05) is 6.07 Å². The summed E-state index contributed by atoms with van der Waals surface area (Å²) in [6.45, 7) is 1.61. The number of benzene rings is 1. The van der Waals surface area contributed by atoms with E-state index in [0.717, 1.165) is 0 Å². The molecule has 2 rings (SSSR count). The van der Waals surface area contributed by atoms with Crippen molar-refractivity contribution >= 4 is 27.1 Å². The van der Waals surface area contributed by atoms with Crippen LogP contribution in [0.2, 0.25) is 0 Å². The Hall–Kier alpha value is -2.16. The van der Waals surface area contributed by atoms with Gasteiger partial charge in [0.1, 0.15) is 6.04 Å². The van der Waals surface area contributed by atoms with Gasteiger partial charge in [-0.15, -0.1) is 0 Å². The third-order valence-corrected chi connectivity index (χ3v) is 5.18. The number of anilines is 1. The SMILES string of the molecule is C[C@H](Nc1cccc([N+](=O)[O-])c1)C(=O)N[C@H]1CCS(=O)(=O)C1. The van der Waals surface area contributed by atoms with E-state index in [0.29, 0.717) is 12.1 Å². The zero-order valence-electron chi connectivity index (χ0n) is 12.0. The van der Waals surface area contributed by atoms with Crippen LogP contribution in [0.5, 0.6) is 0 Å². The molecular weight excluding hydrogens is 310 g/mol. The van der Waals surface area contributed by atoms with E-state index in [1.165, 1.54) is 18.2 Å². The van der Waals surface area contributed by atoms with Gasteiger partial charge in [0.15, 0.2) is 9.84 Å². The molecule has 0 unspecified atom stereocenters. The second-order valence-corrected chi connectivity index (χ2v) is 7.51. The number of nitro groups is 1. The molecule has 120 valence electrons. The maximum Gasteiger partial charge on any atom is 0.271 e. The minimum atomic E-state index is -3.05. The van der Waals surface area contributed by atoms with E-state index in [1.807, 2.05) is 0 Å². The predicted octanol–water partition coefficient (Wildman–Crippen LogP) is 0.698. The van der Waals surface area contributed by atoms with Crippen molar-refractivity contribution < 1.29 is 18.1 Å². The first-order chi connectivity index (χ1) is 10.3. The van der Waals surface area contributed by atoms with Gasteiger partial charge in [0.25, 0.3) is 5.69 Å². The fraction of sp³-hybridized carbons (Fsp3) is 0.462. The van der Waals surface area contributed by atoms with Crippen LogP contribution in [0, 0.1) is 10.1 Å². The van der Waals surface area contributed by atoms with Crippen LogP contribution in [0.4, 0.5) is 11.4 Å². The van der Waals surface area contributed by atoms with Gasteiger partial charge in [-0.05, 0) is 19.4 Å². The molecule has 22 heavy (non-hydrogen) atoms. The Kier molecular flexibility index (Phi) is 4.65. The molecule has 2 atom stereocenters. The molecule has 9 heteroatoms. The number of hydrogen-bond acceptors (Lipinski definition) is 6. The number of non-ortho nitro benzene ring substituents is 1. The highest BCUT2D eigenvalue weighted by Gasteiger charge is 2.29. The number of hydrogen-bond donors (Lipinski definition) is 2. The van der Waals surface area contributed by atoms with Crippen molar-refractivity contribution in [3.05, 3.63) is 34.4 Å². The number of carbonyl (C=O) groups is 1. The molecule has 1 aromatic carbocycles. The lowest BCUT2D eigenvalue weighted by Gasteiger charge is -2.18. The predicted molar refractivity (Wildman–Crippen MR) is 81.4 cm³/mol. The van der Waals surface area contributed by atoms with Crippen LogP contribution in [0.25, 0.3) is 0 Å². The van der Waals surface area contributed by atoms with Gasteiger partial charge in [0.2, 0.25) is 5.91 Å². The first-order valence-electron chi connectivity index (χ1n) is 6.78. The molecule has 1 aromatic rings. The van der Waals surface area contributed by atoms with Crippen molar-refractivity contribution in [1.82, 2.24) is 5.32 Å². The average Bonchev–Trinajstić information content (AvgIpc) is 2.78. The lowest BCUT2D eigenvalue weighted by Crippen LogP contribution is -2.43. The van der Waals surface area contributed by atoms with Crippen LogP contribution in [0.3, 0.4) is 0 Å². The second-order valence-electron chi connectivity index (χ2n) is 5.28. The van der Waals surface area contributed by atoms with Crippen molar-refractivity contribution in [3.8, 4) is 0 Å². The Labute approximate surface area is 128 Å². The van der Waals surface area contributed by atoms with E-state index in [4.69, 9.17) is 0 Å². The lowest BCUT2D eigenvalue weighted by molar-refractivity contribution is -0.384. The number of carbonyl (C=O) groups excluding carboxylic acids is 1. The molecule has 0 radical (unpaired) electrons. The topological polar surface area (TPSA) is 118 Å². The quantitative estimate of drug-likeness (QED) is 0.607. The van der Waals surface area contributed by atoms with Crippen molar-refractivity contribution in [2.45, 2.75) is 25.4 Å². The summed E-state index contributed by atoms with van der Waals surface area (Å²) < 4.78 is 22.7. The van der Waals surface area contributed by atoms with Crippen LogP contribution in [-0.2, 0) is 14.6 Å². The van der Waals surface area contributed by atoms with Crippen LogP contribution < -0.4 is 10.6 Å². The number of nitrogens with one attached hydrogen (secondary N) is 2. The number of nitrogens with zero attached hydrogens (tertiary/aromatic N) is 1. The minimum Gasteiger partial charge on any atom is -0.374 e. The molecule has 0 bridgehead atoms. The summed E-state index contributed by atoms with van der Waals surface area (Å²) in [6.07, 6.45) is 0.414. The molecule has 1 saturated heterocycles. The number of nitro benzene ring substituents is 1. The monoisotopic (exact) mass is 327 g/mol. The summed E-state index contributed by atoms with van der Waals surface area (Å²) >= 11 is 0. The van der Waals surface area contributed by atoms with Crippen molar-refractivity contribution in [2.75, 3.05) is 16.8 Å². The third-order valence-electron chi connectivity index (χ3n) is 3.41. The molecule has 0 saturated carbocycles. The largest absolute Gasteiger partial charge is 0.374 e. The lowest BCUT2D eigenvalue weighted by atomic mass is 10.2. The summed E-state index contributed by atoms with van der Waals surface area (Å²) in [5, 5.41) is 16.2. The zero-order valence-corrected chi connectivity index (χ0v) is 12.8. The highest BCUT2D eigenvalue weighted by molar-refractivity contribution is 7.91. The first-order valence-corrected chi connectivity index (χ1v) is 8.61. The third kappa shape index (κ3) is 4.17. The first kappa shape index (κ1) is 16.2. The molecule has 1 heterocycles. The summed E-state index contributed by atoms with van der Waals surface area (Å²) in [4.78, 5) is 22.2. The summed E-state index contributed by atoms with van der Waals surface area (Å²) in [5.74, 6) is -0.291. The summed E-state index contributed by atoms with van der Waals surface area (Å²) in [5.41, 5.74) is 0.385.